The van der Waals surface area contributed by atoms with Crippen LogP contribution in [0.2, 0.25) is 0 Å². The first-order chi connectivity index (χ1) is 11.8. The van der Waals surface area contributed by atoms with Crippen molar-refractivity contribution < 1.29 is 8.42 Å². The predicted octanol–water partition coefficient (Wildman–Crippen LogP) is 4.32. The van der Waals surface area contributed by atoms with Crippen molar-refractivity contribution in [2.75, 3.05) is 4.72 Å². The Morgan fingerprint density at radius 2 is 1.20 bits per heavy atom. The molecule has 0 unspecified atom stereocenters. The zero-order valence-corrected chi connectivity index (χ0v) is 15.3. The third-order valence-corrected chi connectivity index (χ3v) is 4.29. The quantitative estimate of drug-likeness (QED) is 0.691. The van der Waals surface area contributed by atoms with Crippen molar-refractivity contribution in [3.8, 4) is 22.5 Å². The van der Waals surface area contributed by atoms with E-state index in [4.69, 9.17) is 10.7 Å². The van der Waals surface area contributed by atoms with Crippen LogP contribution >= 0.6 is 10.7 Å². The molecular weight excluding hydrogens is 358 g/mol. The zero-order valence-electron chi connectivity index (χ0n) is 13.7. The molecule has 0 radical (unpaired) electrons. The van der Waals surface area contributed by atoms with Gasteiger partial charge in [-0.15, -0.1) is 0 Å². The normalized spacial score (nSPS) is 11.3. The fourth-order valence-electron chi connectivity index (χ4n) is 2.35. The maximum absolute atomic E-state index is 11.4. The van der Waals surface area contributed by atoms with E-state index in [1.807, 2.05) is 68.4 Å². The van der Waals surface area contributed by atoms with E-state index in [1.54, 1.807) is 0 Å². The standard InChI is InChI=1S/C18H16ClN3O2S/c1-12-3-7-14(8-4-12)16-11-17(15-9-5-13(2)6-10-15)21-18(20-16)22-25(19,23)24/h3-11H,1-2H3,(H,20,21,22). The Morgan fingerprint density at radius 1 is 0.800 bits per heavy atom. The van der Waals surface area contributed by atoms with Crippen molar-refractivity contribution >= 4 is 25.9 Å². The van der Waals surface area contributed by atoms with Crippen LogP contribution in [-0.4, -0.2) is 18.4 Å². The van der Waals surface area contributed by atoms with E-state index in [0.29, 0.717) is 11.4 Å². The lowest BCUT2D eigenvalue weighted by atomic mass is 10.1. The summed E-state index contributed by atoms with van der Waals surface area (Å²) in [4.78, 5) is 8.55. The van der Waals surface area contributed by atoms with Gasteiger partial charge in [0.25, 0.3) is 0 Å². The number of rotatable bonds is 4. The largest absolute Gasteiger partial charge is 0.321 e. The first-order valence-electron chi connectivity index (χ1n) is 7.56. The highest BCUT2D eigenvalue weighted by Crippen LogP contribution is 2.26. The number of aromatic nitrogens is 2. The molecule has 3 aromatic rings. The third-order valence-electron chi connectivity index (χ3n) is 3.63. The molecule has 1 heterocycles. The lowest BCUT2D eigenvalue weighted by Gasteiger charge is -2.09. The summed E-state index contributed by atoms with van der Waals surface area (Å²) in [5.74, 6) is -0.0661. The maximum Gasteiger partial charge on any atom is 0.321 e. The summed E-state index contributed by atoms with van der Waals surface area (Å²) in [6.45, 7) is 3.99. The molecule has 0 saturated heterocycles. The second kappa shape index (κ2) is 6.82. The molecule has 3 rings (SSSR count). The van der Waals surface area contributed by atoms with Crippen molar-refractivity contribution in [3.05, 3.63) is 65.7 Å². The van der Waals surface area contributed by atoms with E-state index in [1.165, 1.54) is 0 Å². The molecule has 0 amide bonds. The number of hydrogen-bond donors (Lipinski definition) is 1. The van der Waals surface area contributed by atoms with Gasteiger partial charge in [-0.25, -0.2) is 14.7 Å². The van der Waals surface area contributed by atoms with E-state index in [0.717, 1.165) is 22.3 Å². The van der Waals surface area contributed by atoms with Crippen molar-refractivity contribution in [2.45, 2.75) is 13.8 Å². The molecule has 128 valence electrons. The maximum atomic E-state index is 11.4. The van der Waals surface area contributed by atoms with Crippen LogP contribution in [0.3, 0.4) is 0 Å². The van der Waals surface area contributed by atoms with Gasteiger partial charge >= 0.3 is 9.24 Å². The highest BCUT2D eigenvalue weighted by Gasteiger charge is 2.12. The van der Waals surface area contributed by atoms with Crippen LogP contribution in [0.25, 0.3) is 22.5 Å². The molecule has 25 heavy (non-hydrogen) atoms. The van der Waals surface area contributed by atoms with Crippen LogP contribution in [0.15, 0.2) is 54.6 Å². The van der Waals surface area contributed by atoms with Crippen molar-refractivity contribution in [1.29, 1.82) is 0 Å². The van der Waals surface area contributed by atoms with Crippen LogP contribution in [0, 0.1) is 13.8 Å². The fraction of sp³-hybridized carbons (Fsp3) is 0.111. The molecule has 7 heteroatoms. The molecule has 0 bridgehead atoms. The molecular formula is C18H16ClN3O2S. The van der Waals surface area contributed by atoms with Crippen molar-refractivity contribution in [1.82, 2.24) is 9.97 Å². The van der Waals surface area contributed by atoms with Gasteiger partial charge in [0, 0.05) is 21.8 Å². The first kappa shape index (κ1) is 17.4. The van der Waals surface area contributed by atoms with Gasteiger partial charge in [-0.3, -0.25) is 0 Å². The van der Waals surface area contributed by atoms with Gasteiger partial charge < -0.3 is 0 Å². The van der Waals surface area contributed by atoms with Gasteiger partial charge in [-0.05, 0) is 19.9 Å². The number of nitrogens with one attached hydrogen (secondary N) is 1. The molecule has 0 fully saturated rings. The average Bonchev–Trinajstić information content (AvgIpc) is 2.54. The Labute approximate surface area is 151 Å². The smallest absolute Gasteiger partial charge is 0.238 e. The number of hydrogen-bond acceptors (Lipinski definition) is 4. The molecule has 2 aromatic carbocycles. The Bertz CT molecular complexity index is 938. The van der Waals surface area contributed by atoms with Crippen LogP contribution in [0.4, 0.5) is 5.95 Å². The second-order valence-corrected chi connectivity index (χ2v) is 8.03. The van der Waals surface area contributed by atoms with Gasteiger partial charge in [-0.1, -0.05) is 59.7 Å². The van der Waals surface area contributed by atoms with Crippen LogP contribution in [0.1, 0.15) is 11.1 Å². The van der Waals surface area contributed by atoms with Gasteiger partial charge in [0.15, 0.2) is 0 Å². The van der Waals surface area contributed by atoms with Crippen LogP contribution < -0.4 is 4.72 Å². The van der Waals surface area contributed by atoms with Crippen LogP contribution in [0.5, 0.6) is 0 Å². The Hall–Kier alpha value is -2.44. The van der Waals surface area contributed by atoms with Gasteiger partial charge in [-0.2, -0.15) is 8.42 Å². The van der Waals surface area contributed by atoms with Crippen LogP contribution in [-0.2, 0) is 9.24 Å². The van der Waals surface area contributed by atoms with Gasteiger partial charge in [0.2, 0.25) is 5.95 Å². The summed E-state index contributed by atoms with van der Waals surface area (Å²) in [6.07, 6.45) is 0. The minimum atomic E-state index is -3.99. The topological polar surface area (TPSA) is 72.0 Å². The third kappa shape index (κ3) is 4.55. The van der Waals surface area contributed by atoms with E-state index < -0.39 is 9.24 Å². The molecule has 0 aliphatic carbocycles. The molecule has 5 nitrogen and oxygen atoms in total. The second-order valence-electron chi connectivity index (χ2n) is 5.73. The first-order valence-corrected chi connectivity index (χ1v) is 9.87. The Morgan fingerprint density at radius 3 is 1.56 bits per heavy atom. The fourth-order valence-corrected chi connectivity index (χ4v) is 2.86. The summed E-state index contributed by atoms with van der Waals surface area (Å²) in [6, 6.07) is 17.4. The zero-order chi connectivity index (χ0) is 18.0. The molecule has 0 atom stereocenters. The summed E-state index contributed by atoms with van der Waals surface area (Å²) in [7, 11) is 1.30. The highest BCUT2D eigenvalue weighted by atomic mass is 35.7. The monoisotopic (exact) mass is 373 g/mol. The molecule has 0 spiro atoms. The average molecular weight is 374 g/mol. The predicted molar refractivity (Wildman–Crippen MR) is 101 cm³/mol. The molecule has 1 N–H and O–H groups in total. The van der Waals surface area contributed by atoms with Gasteiger partial charge in [0.05, 0.1) is 11.4 Å². The summed E-state index contributed by atoms with van der Waals surface area (Å²) >= 11 is 0. The Balaban J connectivity index is 2.14. The minimum absolute atomic E-state index is 0.0661. The van der Waals surface area contributed by atoms with Gasteiger partial charge in [0.1, 0.15) is 0 Å². The molecule has 1 aromatic heterocycles. The molecule has 0 aliphatic heterocycles. The molecule has 0 aliphatic rings. The highest BCUT2D eigenvalue weighted by molar-refractivity contribution is 8.14. The van der Waals surface area contributed by atoms with Crippen molar-refractivity contribution in [3.63, 3.8) is 0 Å². The minimum Gasteiger partial charge on any atom is -0.238 e. The lowest BCUT2D eigenvalue weighted by Crippen LogP contribution is -2.09. The van der Waals surface area contributed by atoms with E-state index in [-0.39, 0.29) is 5.95 Å². The Kier molecular flexibility index (Phi) is 4.74. The number of anilines is 1. The summed E-state index contributed by atoms with van der Waals surface area (Å²) in [5, 5.41) is 0. The van der Waals surface area contributed by atoms with E-state index in [2.05, 4.69) is 14.7 Å². The number of halogens is 1. The SMILES string of the molecule is Cc1ccc(-c2cc(-c3ccc(C)cc3)nc(NS(=O)(=O)Cl)n2)cc1. The number of benzene rings is 2. The summed E-state index contributed by atoms with van der Waals surface area (Å²) < 4.78 is 24.9. The number of nitrogens with zero attached hydrogens (tertiary/aromatic N) is 2. The van der Waals surface area contributed by atoms with Crippen molar-refractivity contribution in [2.24, 2.45) is 0 Å². The lowest BCUT2D eigenvalue weighted by molar-refractivity contribution is 0.614. The van der Waals surface area contributed by atoms with E-state index in [9.17, 15) is 8.42 Å². The summed E-state index contributed by atoms with van der Waals surface area (Å²) in [5.41, 5.74) is 5.17. The van der Waals surface area contributed by atoms with E-state index >= 15 is 0 Å². The number of aryl methyl sites for hydroxylation is 2. The molecule has 0 saturated carbocycles.